The molecule has 0 aromatic heterocycles. The lowest BCUT2D eigenvalue weighted by Crippen LogP contribution is -2.22. The van der Waals surface area contributed by atoms with Gasteiger partial charge in [-0.3, -0.25) is 0 Å². The molecule has 1 atom stereocenters. The first-order chi connectivity index (χ1) is 8.38. The van der Waals surface area contributed by atoms with Crippen molar-refractivity contribution in [1.82, 2.24) is 0 Å². The number of hydrogen-bond donors (Lipinski definition) is 2. The summed E-state index contributed by atoms with van der Waals surface area (Å²) in [5.41, 5.74) is 9.86. The topological polar surface area (TPSA) is 38.0 Å². The van der Waals surface area contributed by atoms with Gasteiger partial charge in [-0.2, -0.15) is 0 Å². The normalized spacial score (nSPS) is 13.4. The molecule has 0 aliphatic carbocycles. The molecule has 0 heterocycles. The molecule has 3 N–H and O–H groups in total. The summed E-state index contributed by atoms with van der Waals surface area (Å²) < 4.78 is 0. The molecule has 0 fully saturated rings. The average Bonchev–Trinajstić information content (AvgIpc) is 2.31. The summed E-state index contributed by atoms with van der Waals surface area (Å²) in [5, 5.41) is 3.55. The predicted molar refractivity (Wildman–Crippen MR) is 81.2 cm³/mol. The fourth-order valence-corrected chi connectivity index (χ4v) is 1.93. The summed E-state index contributed by atoms with van der Waals surface area (Å²) in [5.74, 6) is 0.558. The van der Waals surface area contributed by atoms with Gasteiger partial charge in [-0.1, -0.05) is 46.2 Å². The molecule has 0 amide bonds. The first-order valence-electron chi connectivity index (χ1n) is 6.93. The van der Waals surface area contributed by atoms with Crippen molar-refractivity contribution in [2.75, 3.05) is 18.4 Å². The fourth-order valence-electron chi connectivity index (χ4n) is 1.93. The Bertz CT molecular complexity index is 373. The van der Waals surface area contributed by atoms with Gasteiger partial charge in [0.2, 0.25) is 0 Å². The van der Waals surface area contributed by atoms with Gasteiger partial charge in [0.05, 0.1) is 0 Å². The summed E-state index contributed by atoms with van der Waals surface area (Å²) in [7, 11) is 0. The Morgan fingerprint density at radius 3 is 2.44 bits per heavy atom. The van der Waals surface area contributed by atoms with Gasteiger partial charge in [0.25, 0.3) is 0 Å². The smallest absolute Gasteiger partial charge is 0.0372 e. The van der Waals surface area contributed by atoms with Gasteiger partial charge in [-0.05, 0) is 42.0 Å². The molecule has 0 radical (unpaired) electrons. The molecule has 0 spiro atoms. The highest BCUT2D eigenvalue weighted by molar-refractivity contribution is 5.53. The van der Waals surface area contributed by atoms with Gasteiger partial charge in [0.1, 0.15) is 0 Å². The third-order valence-corrected chi connectivity index (χ3v) is 3.60. The molecule has 0 saturated carbocycles. The third kappa shape index (κ3) is 4.02. The Morgan fingerprint density at radius 2 is 1.94 bits per heavy atom. The molecule has 102 valence electrons. The Kier molecular flexibility index (Phi) is 5.21. The van der Waals surface area contributed by atoms with Crippen LogP contribution in [0, 0.1) is 12.8 Å². The number of hydrogen-bond acceptors (Lipinski definition) is 2. The number of benzene rings is 1. The second kappa shape index (κ2) is 6.24. The van der Waals surface area contributed by atoms with Gasteiger partial charge in [-0.25, -0.2) is 0 Å². The van der Waals surface area contributed by atoms with Gasteiger partial charge in [0, 0.05) is 12.2 Å². The zero-order valence-electron chi connectivity index (χ0n) is 12.5. The number of rotatable bonds is 5. The number of nitrogens with one attached hydrogen (secondary N) is 1. The third-order valence-electron chi connectivity index (χ3n) is 3.60. The molecular weight excluding hydrogens is 220 g/mol. The summed E-state index contributed by atoms with van der Waals surface area (Å²) in [6.07, 6.45) is 1.13. The van der Waals surface area contributed by atoms with Crippen LogP contribution in [-0.4, -0.2) is 13.1 Å². The molecule has 1 aromatic carbocycles. The van der Waals surface area contributed by atoms with Crippen molar-refractivity contribution in [3.8, 4) is 0 Å². The van der Waals surface area contributed by atoms with Crippen LogP contribution in [0.3, 0.4) is 0 Å². The van der Waals surface area contributed by atoms with Crippen LogP contribution < -0.4 is 11.1 Å². The van der Waals surface area contributed by atoms with Crippen LogP contribution >= 0.6 is 0 Å². The van der Waals surface area contributed by atoms with E-state index in [9.17, 15) is 0 Å². The van der Waals surface area contributed by atoms with Crippen molar-refractivity contribution in [2.24, 2.45) is 11.7 Å². The first-order valence-corrected chi connectivity index (χ1v) is 6.93. The van der Waals surface area contributed by atoms with Crippen LogP contribution in [0.25, 0.3) is 0 Å². The zero-order valence-corrected chi connectivity index (χ0v) is 12.5. The Balaban J connectivity index is 2.82. The highest BCUT2D eigenvalue weighted by Gasteiger charge is 2.14. The summed E-state index contributed by atoms with van der Waals surface area (Å²) in [6, 6.07) is 6.70. The molecule has 1 unspecified atom stereocenters. The second-order valence-corrected chi connectivity index (χ2v) is 6.17. The lowest BCUT2D eigenvalue weighted by Gasteiger charge is -2.22. The molecule has 18 heavy (non-hydrogen) atoms. The lowest BCUT2D eigenvalue weighted by atomic mass is 9.86. The van der Waals surface area contributed by atoms with E-state index in [4.69, 9.17) is 5.73 Å². The van der Waals surface area contributed by atoms with Gasteiger partial charge in [0.15, 0.2) is 0 Å². The van der Waals surface area contributed by atoms with E-state index in [-0.39, 0.29) is 5.41 Å². The second-order valence-electron chi connectivity index (χ2n) is 6.17. The van der Waals surface area contributed by atoms with E-state index in [1.165, 1.54) is 16.8 Å². The average molecular weight is 248 g/mol. The van der Waals surface area contributed by atoms with Gasteiger partial charge < -0.3 is 11.1 Å². The van der Waals surface area contributed by atoms with Crippen molar-refractivity contribution < 1.29 is 0 Å². The highest BCUT2D eigenvalue weighted by atomic mass is 14.9. The fraction of sp³-hybridized carbons (Fsp3) is 0.625. The van der Waals surface area contributed by atoms with E-state index in [1.54, 1.807) is 0 Å². The lowest BCUT2D eigenvalue weighted by molar-refractivity contribution is 0.548. The van der Waals surface area contributed by atoms with E-state index in [2.05, 4.69) is 58.1 Å². The molecule has 0 aliphatic heterocycles. The maximum absolute atomic E-state index is 5.74. The molecule has 0 aliphatic rings. The minimum absolute atomic E-state index is 0.197. The van der Waals surface area contributed by atoms with Crippen LogP contribution in [-0.2, 0) is 5.41 Å². The van der Waals surface area contributed by atoms with Crippen LogP contribution in [0.4, 0.5) is 5.69 Å². The van der Waals surface area contributed by atoms with E-state index in [1.807, 2.05) is 0 Å². The van der Waals surface area contributed by atoms with Gasteiger partial charge in [-0.15, -0.1) is 0 Å². The van der Waals surface area contributed by atoms with Crippen LogP contribution in [0.15, 0.2) is 18.2 Å². The predicted octanol–water partition coefficient (Wildman–Crippen LogP) is 3.69. The van der Waals surface area contributed by atoms with Gasteiger partial charge >= 0.3 is 0 Å². The Labute approximate surface area is 112 Å². The maximum atomic E-state index is 5.74. The maximum Gasteiger partial charge on any atom is 0.0372 e. The SMILES string of the molecule is CCC(CN)CNc1cc(C(C)(C)C)ccc1C. The van der Waals surface area contributed by atoms with Crippen LogP contribution in [0.5, 0.6) is 0 Å². The molecule has 2 heteroatoms. The molecule has 0 saturated heterocycles. The van der Waals surface area contributed by atoms with E-state index >= 15 is 0 Å². The van der Waals surface area contributed by atoms with Crippen molar-refractivity contribution in [3.63, 3.8) is 0 Å². The summed E-state index contributed by atoms with van der Waals surface area (Å²) in [4.78, 5) is 0. The molecule has 1 aromatic rings. The zero-order chi connectivity index (χ0) is 13.8. The summed E-state index contributed by atoms with van der Waals surface area (Å²) in [6.45, 7) is 12.8. The van der Waals surface area contributed by atoms with Crippen molar-refractivity contribution in [2.45, 2.75) is 46.5 Å². The largest absolute Gasteiger partial charge is 0.384 e. The molecular formula is C16H28N2. The number of nitrogens with two attached hydrogens (primary N) is 1. The molecule has 2 nitrogen and oxygen atoms in total. The van der Waals surface area contributed by atoms with Crippen molar-refractivity contribution in [3.05, 3.63) is 29.3 Å². The highest BCUT2D eigenvalue weighted by Crippen LogP contribution is 2.27. The Morgan fingerprint density at radius 1 is 1.28 bits per heavy atom. The van der Waals surface area contributed by atoms with E-state index in [0.29, 0.717) is 5.92 Å². The van der Waals surface area contributed by atoms with Crippen molar-refractivity contribution in [1.29, 1.82) is 0 Å². The molecule has 0 bridgehead atoms. The van der Waals surface area contributed by atoms with Crippen LogP contribution in [0.2, 0.25) is 0 Å². The standard InChI is InChI=1S/C16H28N2/c1-6-13(10-17)11-18-15-9-14(16(3,4)5)8-7-12(15)2/h7-9,13,18H,6,10-11,17H2,1-5H3. The first kappa shape index (κ1) is 15.0. The number of anilines is 1. The van der Waals surface area contributed by atoms with Crippen LogP contribution in [0.1, 0.15) is 45.2 Å². The van der Waals surface area contributed by atoms with E-state index < -0.39 is 0 Å². The minimum atomic E-state index is 0.197. The monoisotopic (exact) mass is 248 g/mol. The summed E-state index contributed by atoms with van der Waals surface area (Å²) >= 11 is 0. The number of aryl methyl sites for hydroxylation is 1. The van der Waals surface area contributed by atoms with E-state index in [0.717, 1.165) is 19.5 Å². The molecule has 1 rings (SSSR count). The quantitative estimate of drug-likeness (QED) is 0.834. The minimum Gasteiger partial charge on any atom is -0.384 e. The van der Waals surface area contributed by atoms with Crippen molar-refractivity contribution >= 4 is 5.69 Å². The Hall–Kier alpha value is -1.02.